The second-order valence-electron chi connectivity index (χ2n) is 7.98. The molecule has 0 spiro atoms. The first-order valence-electron chi connectivity index (χ1n) is 9.32. The Bertz CT molecular complexity index is 695. The fourth-order valence-electron chi connectivity index (χ4n) is 3.54. The predicted octanol–water partition coefficient (Wildman–Crippen LogP) is 5.36. The van der Waals surface area contributed by atoms with Gasteiger partial charge < -0.3 is 0 Å². The molecule has 0 saturated heterocycles. The molecule has 1 aliphatic carbocycles. The standard InChI is InChI=1S/C22H28N2O/c1-22(2,3)18-14-12-17(13-15-18)21(25)24(19-9-5-4-6-10-19)20-11-7-8-16-23-20/h7-8,11-16,19H,4-6,9-10H2,1-3H3. The topological polar surface area (TPSA) is 33.2 Å². The fraction of sp³-hybridized carbons (Fsp3) is 0.455. The summed E-state index contributed by atoms with van der Waals surface area (Å²) in [6.07, 6.45) is 7.52. The Hall–Kier alpha value is -2.16. The second-order valence-corrected chi connectivity index (χ2v) is 7.98. The van der Waals surface area contributed by atoms with Gasteiger partial charge in [0.15, 0.2) is 0 Å². The van der Waals surface area contributed by atoms with Crippen molar-refractivity contribution < 1.29 is 4.79 Å². The molecule has 0 bridgehead atoms. The lowest BCUT2D eigenvalue weighted by atomic mass is 9.86. The molecule has 1 aromatic heterocycles. The highest BCUT2D eigenvalue weighted by atomic mass is 16.2. The number of benzene rings is 1. The third kappa shape index (κ3) is 4.09. The normalized spacial score (nSPS) is 15.8. The van der Waals surface area contributed by atoms with Gasteiger partial charge in [0.2, 0.25) is 0 Å². The van der Waals surface area contributed by atoms with Crippen molar-refractivity contribution in [2.75, 3.05) is 4.90 Å². The smallest absolute Gasteiger partial charge is 0.259 e. The van der Waals surface area contributed by atoms with Crippen molar-refractivity contribution in [3.8, 4) is 0 Å². The molecular formula is C22H28N2O. The molecule has 2 aromatic rings. The Morgan fingerprint density at radius 1 is 1.00 bits per heavy atom. The molecule has 1 fully saturated rings. The van der Waals surface area contributed by atoms with Crippen LogP contribution in [0, 0.1) is 0 Å². The first-order chi connectivity index (χ1) is 12.0. The van der Waals surface area contributed by atoms with Crippen LogP contribution in [-0.2, 0) is 5.41 Å². The number of hydrogen-bond acceptors (Lipinski definition) is 2. The minimum absolute atomic E-state index is 0.0612. The third-order valence-electron chi connectivity index (χ3n) is 5.05. The van der Waals surface area contributed by atoms with Gasteiger partial charge in [0, 0.05) is 17.8 Å². The summed E-state index contributed by atoms with van der Waals surface area (Å²) in [7, 11) is 0. The van der Waals surface area contributed by atoms with Gasteiger partial charge in [0.05, 0.1) is 0 Å². The van der Waals surface area contributed by atoms with E-state index in [4.69, 9.17) is 0 Å². The maximum Gasteiger partial charge on any atom is 0.259 e. The number of carbonyl (C=O) groups is 1. The molecule has 0 radical (unpaired) electrons. The van der Waals surface area contributed by atoms with E-state index in [2.05, 4.69) is 37.9 Å². The van der Waals surface area contributed by atoms with Gasteiger partial charge in [-0.3, -0.25) is 9.69 Å². The minimum Gasteiger partial charge on any atom is -0.290 e. The molecule has 132 valence electrons. The molecule has 3 rings (SSSR count). The number of aromatic nitrogens is 1. The van der Waals surface area contributed by atoms with Crippen LogP contribution in [0.1, 0.15) is 68.8 Å². The van der Waals surface area contributed by atoms with Gasteiger partial charge in [0.25, 0.3) is 5.91 Å². The molecule has 0 aliphatic heterocycles. The van der Waals surface area contributed by atoms with Crippen LogP contribution in [0.15, 0.2) is 48.7 Å². The molecule has 25 heavy (non-hydrogen) atoms. The summed E-state index contributed by atoms with van der Waals surface area (Å²) in [4.78, 5) is 19.7. The number of nitrogens with zero attached hydrogens (tertiary/aromatic N) is 2. The van der Waals surface area contributed by atoms with Gasteiger partial charge in [-0.05, 0) is 48.1 Å². The van der Waals surface area contributed by atoms with Gasteiger partial charge in [-0.25, -0.2) is 4.98 Å². The molecule has 1 amide bonds. The minimum atomic E-state index is 0.0612. The summed E-state index contributed by atoms with van der Waals surface area (Å²) in [6.45, 7) is 6.56. The summed E-state index contributed by atoms with van der Waals surface area (Å²) in [5.74, 6) is 0.824. The van der Waals surface area contributed by atoms with Crippen LogP contribution < -0.4 is 4.90 Å². The third-order valence-corrected chi connectivity index (χ3v) is 5.05. The van der Waals surface area contributed by atoms with Crippen molar-refractivity contribution in [1.82, 2.24) is 4.98 Å². The van der Waals surface area contributed by atoms with Crippen molar-refractivity contribution >= 4 is 11.7 Å². The highest BCUT2D eigenvalue weighted by Crippen LogP contribution is 2.28. The van der Waals surface area contributed by atoms with Gasteiger partial charge in [0.1, 0.15) is 5.82 Å². The average molecular weight is 336 g/mol. The Morgan fingerprint density at radius 3 is 2.24 bits per heavy atom. The van der Waals surface area contributed by atoms with Crippen molar-refractivity contribution in [2.45, 2.75) is 64.3 Å². The SMILES string of the molecule is CC(C)(C)c1ccc(C(=O)N(c2ccccn2)C2CCCCC2)cc1. The van der Waals surface area contributed by atoms with E-state index in [0.717, 1.165) is 24.2 Å². The molecule has 3 heteroatoms. The van der Waals surface area contributed by atoms with Crippen LogP contribution in [-0.4, -0.2) is 16.9 Å². The van der Waals surface area contributed by atoms with Crippen LogP contribution in [0.3, 0.4) is 0 Å². The molecule has 0 N–H and O–H groups in total. The number of anilines is 1. The van der Waals surface area contributed by atoms with E-state index in [1.807, 2.05) is 35.2 Å². The largest absolute Gasteiger partial charge is 0.290 e. The molecule has 1 heterocycles. The number of carbonyl (C=O) groups excluding carboxylic acids is 1. The van der Waals surface area contributed by atoms with Crippen LogP contribution in [0.2, 0.25) is 0 Å². The van der Waals surface area contributed by atoms with Crippen LogP contribution in [0.5, 0.6) is 0 Å². The van der Waals surface area contributed by atoms with Gasteiger partial charge in [-0.2, -0.15) is 0 Å². The molecule has 1 saturated carbocycles. The van der Waals surface area contributed by atoms with Crippen LogP contribution in [0.25, 0.3) is 0 Å². The van der Waals surface area contributed by atoms with E-state index < -0.39 is 0 Å². The first-order valence-corrected chi connectivity index (χ1v) is 9.32. The van der Waals surface area contributed by atoms with Crippen molar-refractivity contribution in [3.05, 3.63) is 59.8 Å². The maximum absolute atomic E-state index is 13.3. The van der Waals surface area contributed by atoms with Crippen LogP contribution >= 0.6 is 0 Å². The average Bonchev–Trinajstić information content (AvgIpc) is 2.63. The quantitative estimate of drug-likeness (QED) is 0.756. The summed E-state index contributed by atoms with van der Waals surface area (Å²) in [5.41, 5.74) is 2.07. The van der Waals surface area contributed by atoms with E-state index in [1.165, 1.54) is 24.8 Å². The summed E-state index contributed by atoms with van der Waals surface area (Å²) < 4.78 is 0. The van der Waals surface area contributed by atoms with E-state index in [-0.39, 0.29) is 17.4 Å². The number of pyridine rings is 1. The van der Waals surface area contributed by atoms with E-state index in [1.54, 1.807) is 6.20 Å². The second kappa shape index (κ2) is 7.38. The predicted molar refractivity (Wildman–Crippen MR) is 103 cm³/mol. The Balaban J connectivity index is 1.91. The van der Waals surface area contributed by atoms with E-state index >= 15 is 0 Å². The zero-order valence-electron chi connectivity index (χ0n) is 15.5. The lowest BCUT2D eigenvalue weighted by Gasteiger charge is -2.33. The lowest BCUT2D eigenvalue weighted by molar-refractivity contribution is 0.0969. The molecule has 1 aromatic carbocycles. The fourth-order valence-corrected chi connectivity index (χ4v) is 3.54. The molecule has 0 atom stereocenters. The van der Waals surface area contributed by atoms with Crippen molar-refractivity contribution in [2.24, 2.45) is 0 Å². The Kier molecular flexibility index (Phi) is 5.22. The highest BCUT2D eigenvalue weighted by molar-refractivity contribution is 6.06. The molecule has 3 nitrogen and oxygen atoms in total. The zero-order chi connectivity index (χ0) is 17.9. The summed E-state index contributed by atoms with van der Waals surface area (Å²) in [5, 5.41) is 0. The number of rotatable bonds is 3. The Labute approximate surface area is 151 Å². The first kappa shape index (κ1) is 17.7. The van der Waals surface area contributed by atoms with E-state index in [9.17, 15) is 4.79 Å². The summed E-state index contributed by atoms with van der Waals surface area (Å²) >= 11 is 0. The van der Waals surface area contributed by atoms with Crippen molar-refractivity contribution in [1.29, 1.82) is 0 Å². The molecular weight excluding hydrogens is 308 g/mol. The maximum atomic E-state index is 13.3. The van der Waals surface area contributed by atoms with Gasteiger partial charge in [-0.1, -0.05) is 58.2 Å². The van der Waals surface area contributed by atoms with Crippen molar-refractivity contribution in [3.63, 3.8) is 0 Å². The van der Waals surface area contributed by atoms with Gasteiger partial charge in [-0.15, -0.1) is 0 Å². The van der Waals surface area contributed by atoms with Gasteiger partial charge >= 0.3 is 0 Å². The Morgan fingerprint density at radius 2 is 1.68 bits per heavy atom. The number of hydrogen-bond donors (Lipinski definition) is 0. The highest BCUT2D eigenvalue weighted by Gasteiger charge is 2.28. The monoisotopic (exact) mass is 336 g/mol. The number of amides is 1. The lowest BCUT2D eigenvalue weighted by Crippen LogP contribution is -2.42. The molecule has 0 unspecified atom stereocenters. The van der Waals surface area contributed by atoms with E-state index in [0.29, 0.717) is 0 Å². The zero-order valence-corrected chi connectivity index (χ0v) is 15.5. The van der Waals surface area contributed by atoms with Crippen LogP contribution in [0.4, 0.5) is 5.82 Å². The molecule has 1 aliphatic rings. The summed E-state index contributed by atoms with van der Waals surface area (Å²) in [6, 6.07) is 14.1.